The maximum Gasteiger partial charge on any atom is 0.219 e. The van der Waals surface area contributed by atoms with E-state index in [0.29, 0.717) is 11.6 Å². The predicted octanol–water partition coefficient (Wildman–Crippen LogP) is 3.80. The maximum atomic E-state index is 11.1. The SMILES string of the molecule is CC(=O)NCC#Cc1ccc2ncnc(C3(c4ccccc4)C=C(Oc4ccccn4)C=N3)c2c1. The molecule has 1 unspecified atom stereocenters. The van der Waals surface area contributed by atoms with Crippen molar-refractivity contribution in [1.82, 2.24) is 20.3 Å². The fraction of sp³-hybridized carbons (Fsp3) is 0.107. The molecule has 1 atom stereocenters. The van der Waals surface area contributed by atoms with Crippen LogP contribution in [0, 0.1) is 11.8 Å². The van der Waals surface area contributed by atoms with Crippen molar-refractivity contribution in [3.8, 4) is 17.7 Å². The smallest absolute Gasteiger partial charge is 0.219 e. The number of rotatable bonds is 5. The van der Waals surface area contributed by atoms with Crippen molar-refractivity contribution < 1.29 is 9.53 Å². The number of aliphatic imine (C=N–C) groups is 1. The van der Waals surface area contributed by atoms with Gasteiger partial charge in [0, 0.05) is 30.1 Å². The highest BCUT2D eigenvalue weighted by atomic mass is 16.5. The number of allylic oxidation sites excluding steroid dienone is 1. The van der Waals surface area contributed by atoms with Gasteiger partial charge in [-0.2, -0.15) is 0 Å². The first-order valence-electron chi connectivity index (χ1n) is 11.1. The van der Waals surface area contributed by atoms with E-state index in [4.69, 9.17) is 14.7 Å². The van der Waals surface area contributed by atoms with Crippen LogP contribution in [-0.4, -0.2) is 33.6 Å². The van der Waals surface area contributed by atoms with E-state index in [-0.39, 0.29) is 12.5 Å². The normalized spacial score (nSPS) is 16.3. The lowest BCUT2D eigenvalue weighted by atomic mass is 9.85. The van der Waals surface area contributed by atoms with Crippen molar-refractivity contribution in [3.63, 3.8) is 0 Å². The zero-order valence-electron chi connectivity index (χ0n) is 19.0. The maximum absolute atomic E-state index is 11.1. The van der Waals surface area contributed by atoms with Crippen molar-refractivity contribution in [2.45, 2.75) is 12.5 Å². The zero-order chi connectivity index (χ0) is 24.1. The van der Waals surface area contributed by atoms with Gasteiger partial charge < -0.3 is 10.1 Å². The Balaban J connectivity index is 1.61. The Labute approximate surface area is 202 Å². The lowest BCUT2D eigenvalue weighted by Gasteiger charge is -2.25. The lowest BCUT2D eigenvalue weighted by Crippen LogP contribution is -2.23. The molecule has 0 saturated heterocycles. The summed E-state index contributed by atoms with van der Waals surface area (Å²) in [4.78, 5) is 29.4. The molecule has 7 heteroatoms. The van der Waals surface area contributed by atoms with Crippen LogP contribution in [0.25, 0.3) is 10.9 Å². The van der Waals surface area contributed by atoms with Crippen molar-refractivity contribution in [3.05, 3.63) is 108 Å². The molecule has 2 aromatic carbocycles. The minimum absolute atomic E-state index is 0.118. The van der Waals surface area contributed by atoms with E-state index >= 15 is 0 Å². The van der Waals surface area contributed by atoms with E-state index in [0.717, 1.165) is 27.7 Å². The molecule has 2 aromatic heterocycles. The molecule has 170 valence electrons. The van der Waals surface area contributed by atoms with Crippen LogP contribution in [0.1, 0.15) is 23.7 Å². The van der Waals surface area contributed by atoms with Gasteiger partial charge in [-0.1, -0.05) is 48.2 Å². The molecule has 0 aliphatic carbocycles. The number of carbonyl (C=O) groups excluding carboxylic acids is 1. The van der Waals surface area contributed by atoms with E-state index in [1.807, 2.05) is 66.7 Å². The summed E-state index contributed by atoms with van der Waals surface area (Å²) in [5.74, 6) is 7.01. The Bertz CT molecular complexity index is 1500. The highest BCUT2D eigenvalue weighted by Gasteiger charge is 2.38. The van der Waals surface area contributed by atoms with Gasteiger partial charge in [0.25, 0.3) is 0 Å². The quantitative estimate of drug-likeness (QED) is 0.459. The molecular formula is C28H21N5O2. The predicted molar refractivity (Wildman–Crippen MR) is 134 cm³/mol. The standard InChI is InChI=1S/C28H21N5O2/c1-20(34)29-15-7-8-21-12-13-25-24(16-21)27(32-19-31-25)28(22-9-3-2-4-10-22)17-23(18-33-28)35-26-11-5-6-14-30-26/h2-6,9-14,16-19H,15H2,1H3,(H,29,34). The number of benzene rings is 2. The highest BCUT2D eigenvalue weighted by Crippen LogP contribution is 2.41. The number of nitrogens with zero attached hydrogens (tertiary/aromatic N) is 4. The van der Waals surface area contributed by atoms with Crippen molar-refractivity contribution >= 4 is 23.0 Å². The Hall–Kier alpha value is -4.83. The topological polar surface area (TPSA) is 89.4 Å². The molecule has 35 heavy (non-hydrogen) atoms. The van der Waals surface area contributed by atoms with E-state index in [1.165, 1.54) is 6.92 Å². The number of pyridine rings is 1. The van der Waals surface area contributed by atoms with Gasteiger partial charge in [0.05, 0.1) is 24.0 Å². The van der Waals surface area contributed by atoms with E-state index < -0.39 is 5.54 Å². The van der Waals surface area contributed by atoms with Crippen molar-refractivity contribution in [2.24, 2.45) is 4.99 Å². The summed E-state index contributed by atoms with van der Waals surface area (Å²) in [5, 5.41) is 3.51. The summed E-state index contributed by atoms with van der Waals surface area (Å²) in [6.45, 7) is 1.74. The summed E-state index contributed by atoms with van der Waals surface area (Å²) < 4.78 is 5.99. The molecule has 0 fully saturated rings. The second kappa shape index (κ2) is 9.57. The minimum atomic E-state index is -0.908. The second-order valence-corrected chi connectivity index (χ2v) is 7.87. The Kier molecular flexibility index (Phi) is 6.01. The molecule has 1 amide bonds. The minimum Gasteiger partial charge on any atom is -0.438 e. The summed E-state index contributed by atoms with van der Waals surface area (Å²) in [7, 11) is 0. The largest absolute Gasteiger partial charge is 0.438 e. The third-order valence-electron chi connectivity index (χ3n) is 5.48. The summed E-state index contributed by atoms with van der Waals surface area (Å²) >= 11 is 0. The van der Waals surface area contributed by atoms with Gasteiger partial charge in [-0.25, -0.2) is 15.0 Å². The zero-order valence-corrected chi connectivity index (χ0v) is 19.0. The number of nitrogens with one attached hydrogen (secondary N) is 1. The monoisotopic (exact) mass is 459 g/mol. The number of aromatic nitrogens is 3. The summed E-state index contributed by atoms with van der Waals surface area (Å²) in [6.07, 6.45) is 6.88. The third kappa shape index (κ3) is 4.63. The van der Waals surface area contributed by atoms with Crippen LogP contribution in [0.4, 0.5) is 0 Å². The van der Waals surface area contributed by atoms with Gasteiger partial charge in [-0.05, 0) is 35.9 Å². The first kappa shape index (κ1) is 22.0. The third-order valence-corrected chi connectivity index (χ3v) is 5.48. The van der Waals surface area contributed by atoms with Gasteiger partial charge in [-0.15, -0.1) is 0 Å². The van der Waals surface area contributed by atoms with Crippen LogP contribution in [-0.2, 0) is 10.3 Å². The molecule has 1 aliphatic heterocycles. The molecule has 5 rings (SSSR count). The van der Waals surface area contributed by atoms with E-state index in [9.17, 15) is 4.79 Å². The van der Waals surface area contributed by atoms with Crippen LogP contribution < -0.4 is 10.1 Å². The van der Waals surface area contributed by atoms with Crippen LogP contribution in [0.2, 0.25) is 0 Å². The molecule has 1 aliphatic rings. The number of hydrogen-bond donors (Lipinski definition) is 1. The van der Waals surface area contributed by atoms with Crippen LogP contribution in [0.5, 0.6) is 5.88 Å². The fourth-order valence-corrected chi connectivity index (χ4v) is 3.90. The first-order chi connectivity index (χ1) is 17.1. The van der Waals surface area contributed by atoms with Crippen LogP contribution >= 0.6 is 0 Å². The Morgan fingerprint density at radius 1 is 1.03 bits per heavy atom. The number of amides is 1. The van der Waals surface area contributed by atoms with E-state index in [2.05, 4.69) is 27.1 Å². The Morgan fingerprint density at radius 2 is 1.89 bits per heavy atom. The van der Waals surface area contributed by atoms with Crippen LogP contribution in [0.15, 0.2) is 96.1 Å². The number of fused-ring (bicyclic) bond motifs is 1. The van der Waals surface area contributed by atoms with Gasteiger partial charge in [0.1, 0.15) is 12.1 Å². The lowest BCUT2D eigenvalue weighted by molar-refractivity contribution is -0.118. The van der Waals surface area contributed by atoms with Crippen LogP contribution in [0.3, 0.4) is 0 Å². The molecule has 1 N–H and O–H groups in total. The van der Waals surface area contributed by atoms with Gasteiger partial charge in [0.15, 0.2) is 5.54 Å². The molecule has 0 saturated carbocycles. The molecular weight excluding hydrogens is 438 g/mol. The molecule has 3 heterocycles. The average Bonchev–Trinajstić information content (AvgIpc) is 3.32. The molecule has 0 spiro atoms. The van der Waals surface area contributed by atoms with Gasteiger partial charge in [0.2, 0.25) is 11.8 Å². The van der Waals surface area contributed by atoms with Gasteiger partial charge >= 0.3 is 0 Å². The Morgan fingerprint density at radius 3 is 2.69 bits per heavy atom. The van der Waals surface area contributed by atoms with E-state index in [1.54, 1.807) is 24.8 Å². The summed E-state index contributed by atoms with van der Waals surface area (Å²) in [5.41, 5.74) is 2.32. The fourth-order valence-electron chi connectivity index (χ4n) is 3.90. The van der Waals surface area contributed by atoms with Gasteiger partial charge in [-0.3, -0.25) is 9.79 Å². The molecule has 7 nitrogen and oxygen atoms in total. The van der Waals surface area contributed by atoms with Crippen molar-refractivity contribution in [1.29, 1.82) is 0 Å². The van der Waals surface area contributed by atoms with Crippen molar-refractivity contribution in [2.75, 3.05) is 6.54 Å². The number of ether oxygens (including phenoxy) is 1. The molecule has 0 bridgehead atoms. The molecule has 4 aromatic rings. The number of hydrogen-bond acceptors (Lipinski definition) is 6. The first-order valence-corrected chi connectivity index (χ1v) is 11.1. The molecule has 0 radical (unpaired) electrons. The highest BCUT2D eigenvalue weighted by molar-refractivity contribution is 5.88. The average molecular weight is 460 g/mol. The second-order valence-electron chi connectivity index (χ2n) is 7.87. The number of carbonyl (C=O) groups is 1. The summed E-state index contributed by atoms with van der Waals surface area (Å²) in [6, 6.07) is 21.2.